The van der Waals surface area contributed by atoms with Crippen LogP contribution in [-0.4, -0.2) is 141 Å². The number of carbonyl (C=O) groups excluding carboxylic acids is 6. The van der Waals surface area contributed by atoms with Gasteiger partial charge >= 0.3 is 5.97 Å². The van der Waals surface area contributed by atoms with Crippen LogP contribution in [-0.2, 0) is 40.0 Å². The number of quaternary nitrogens is 1. The van der Waals surface area contributed by atoms with E-state index in [1.54, 1.807) is 33.9 Å². The number of nitrogens with zero attached hydrogens (tertiary/aromatic N) is 1. The van der Waals surface area contributed by atoms with Gasteiger partial charge < -0.3 is 69.0 Å². The highest BCUT2D eigenvalue weighted by molar-refractivity contribution is 5.98. The molecule has 1 fully saturated rings. The minimum atomic E-state index is -1.65. The summed E-state index contributed by atoms with van der Waals surface area (Å²) >= 11 is 0. The van der Waals surface area contributed by atoms with Crippen molar-refractivity contribution in [3.63, 3.8) is 0 Å². The molecule has 346 valence electrons. The Hall–Kier alpha value is -5.19. The second-order valence-corrected chi connectivity index (χ2v) is 16.5. The number of fused-ring (bicyclic) bond motifs is 1. The minimum Gasteiger partial charge on any atom is -0.480 e. The number of aromatic nitrogens is 1. The number of H-pyrrole nitrogens is 1. The van der Waals surface area contributed by atoms with E-state index in [0.29, 0.717) is 32.2 Å². The first-order valence-electron chi connectivity index (χ1n) is 21.3. The summed E-state index contributed by atoms with van der Waals surface area (Å²) in [7, 11) is 0. The number of aliphatic hydroxyl groups is 2. The van der Waals surface area contributed by atoms with Gasteiger partial charge in [-0.3, -0.25) is 34.1 Å². The smallest absolute Gasteiger partial charge is 0.326 e. The van der Waals surface area contributed by atoms with Crippen molar-refractivity contribution in [2.75, 3.05) is 19.7 Å². The molecule has 0 spiro atoms. The maximum Gasteiger partial charge on any atom is 0.326 e. The summed E-state index contributed by atoms with van der Waals surface area (Å²) in [4.78, 5) is 98.3. The Labute approximate surface area is 361 Å². The molecular weight excluding hydrogens is 807 g/mol. The van der Waals surface area contributed by atoms with Gasteiger partial charge in [-0.25, -0.2) is 4.79 Å². The number of carboxylic acids is 1. The van der Waals surface area contributed by atoms with Crippen LogP contribution in [0.2, 0.25) is 0 Å². The molecule has 0 saturated carbocycles. The van der Waals surface area contributed by atoms with E-state index in [1.165, 1.54) is 11.8 Å². The summed E-state index contributed by atoms with van der Waals surface area (Å²) in [5.41, 5.74) is 16.6. The number of para-hydroxylation sites is 1. The van der Waals surface area contributed by atoms with Gasteiger partial charge in [0, 0.05) is 36.5 Å². The van der Waals surface area contributed by atoms with Crippen LogP contribution in [0.1, 0.15) is 78.7 Å². The van der Waals surface area contributed by atoms with Gasteiger partial charge in [-0.15, -0.1) is 0 Å². The van der Waals surface area contributed by atoms with Crippen molar-refractivity contribution in [3.8, 4) is 0 Å². The van der Waals surface area contributed by atoms with E-state index in [9.17, 15) is 48.9 Å². The predicted octanol–water partition coefficient (Wildman–Crippen LogP) is -3.14. The third-order valence-corrected chi connectivity index (χ3v) is 11.0. The molecule has 17 N–H and O–H groups in total. The normalized spacial score (nSPS) is 17.9. The van der Waals surface area contributed by atoms with Gasteiger partial charge in [0.1, 0.15) is 42.5 Å². The highest BCUT2D eigenvalue weighted by atomic mass is 16.4. The van der Waals surface area contributed by atoms with E-state index in [2.05, 4.69) is 42.6 Å². The Balaban J connectivity index is 1.77. The fourth-order valence-electron chi connectivity index (χ4n) is 7.28. The van der Waals surface area contributed by atoms with Crippen LogP contribution in [0, 0.1) is 11.8 Å². The number of nitrogens with one attached hydrogen (secondary N) is 7. The topological polar surface area (TPSA) is 351 Å². The molecule has 1 aromatic heterocycles. The first-order chi connectivity index (χ1) is 29.3. The Morgan fingerprint density at radius 1 is 0.887 bits per heavy atom. The number of benzene rings is 1. The van der Waals surface area contributed by atoms with E-state index < -0.39 is 109 Å². The lowest BCUT2D eigenvalue weighted by Crippen LogP contribution is -2.69. The summed E-state index contributed by atoms with van der Waals surface area (Å²) in [6.45, 7) is 7.94. The number of hydrogen-bond donors (Lipinski definition) is 13. The minimum absolute atomic E-state index is 0.0600. The molecule has 1 aliphatic heterocycles. The summed E-state index contributed by atoms with van der Waals surface area (Å²) in [5.74, 6) is -6.35. The molecule has 6 amide bonds. The summed E-state index contributed by atoms with van der Waals surface area (Å²) in [5, 5.41) is 46.8. The van der Waals surface area contributed by atoms with E-state index in [1.807, 2.05) is 24.3 Å². The molecule has 0 unspecified atom stereocenters. The molecule has 1 aliphatic rings. The Bertz CT molecular complexity index is 1840. The Morgan fingerprint density at radius 3 is 2.15 bits per heavy atom. The van der Waals surface area contributed by atoms with Crippen LogP contribution in [0.25, 0.3) is 10.9 Å². The van der Waals surface area contributed by atoms with E-state index in [4.69, 9.17) is 11.5 Å². The van der Waals surface area contributed by atoms with Gasteiger partial charge in [0.2, 0.25) is 29.5 Å². The zero-order chi connectivity index (χ0) is 46.3. The van der Waals surface area contributed by atoms with Crippen LogP contribution in [0.4, 0.5) is 0 Å². The van der Waals surface area contributed by atoms with Crippen molar-refractivity contribution < 1.29 is 54.6 Å². The molecule has 62 heavy (non-hydrogen) atoms. The van der Waals surface area contributed by atoms with Gasteiger partial charge in [0.05, 0.1) is 12.7 Å². The average molecular weight is 875 g/mol. The SMILES string of the molecule is CC[C@H](C)[C@H](NC(=O)[C@H](CO)NC(=O)[C@@H](NC(=O)[C@@H]1CCCN1C(=O)[C@H](Cc1c[nH]c2ccccc12)NC(=O)[C@@H]([NH3+])CCCNC(N)N)[C@@H](C)O)C(=O)N[C@@H](CC(C)C)C(=O)O. The third kappa shape index (κ3) is 14.7. The van der Waals surface area contributed by atoms with E-state index in [0.717, 1.165) is 16.5 Å². The van der Waals surface area contributed by atoms with Crippen LogP contribution in [0.15, 0.2) is 30.5 Å². The maximum atomic E-state index is 14.4. The Kier molecular flexibility index (Phi) is 20.2. The van der Waals surface area contributed by atoms with Crippen molar-refractivity contribution in [1.82, 2.24) is 41.8 Å². The molecule has 21 heteroatoms. The van der Waals surface area contributed by atoms with Gasteiger partial charge in [-0.1, -0.05) is 52.3 Å². The van der Waals surface area contributed by atoms with Crippen LogP contribution in [0.5, 0.6) is 0 Å². The van der Waals surface area contributed by atoms with Crippen molar-refractivity contribution in [3.05, 3.63) is 36.0 Å². The molecule has 0 radical (unpaired) electrons. The van der Waals surface area contributed by atoms with Crippen molar-refractivity contribution in [2.24, 2.45) is 23.3 Å². The molecule has 3 rings (SSSR count). The number of carbonyl (C=O) groups is 7. The highest BCUT2D eigenvalue weighted by Gasteiger charge is 2.41. The highest BCUT2D eigenvalue weighted by Crippen LogP contribution is 2.23. The lowest BCUT2D eigenvalue weighted by Gasteiger charge is -2.31. The standard InChI is InChI=1S/C41H67N11O10/c1-6-22(4)32(37(58)48-29(40(61)62)17-21(2)3)50-35(56)30(20-53)49-38(59)33(23(5)54)51-36(57)31-14-10-16-52(31)39(60)28(18-24-19-46-27-13-8-7-11-25(24)27)47-34(55)26(42)12-9-15-45-41(43)44/h7-8,11,13,19,21-23,26,28-33,41,45-46,53-54H,6,9-10,12,14-18,20,42-44H2,1-5H3,(H,47,55)(H,48,58)(H,49,59)(H,50,56)(H,51,57)(H,61,62)/p+1/t22-,23+,26-,28-,29-,30-,31-,32-,33-/m0/s1. The quantitative estimate of drug-likeness (QED) is 0.0347. The van der Waals surface area contributed by atoms with Crippen molar-refractivity contribution in [1.29, 1.82) is 0 Å². The third-order valence-electron chi connectivity index (χ3n) is 11.0. The number of likely N-dealkylation sites (tertiary alicyclic amines) is 1. The van der Waals surface area contributed by atoms with Crippen LogP contribution in [0.3, 0.4) is 0 Å². The predicted molar refractivity (Wildman–Crippen MR) is 228 cm³/mol. The number of rotatable bonds is 25. The number of amides is 6. The number of aliphatic carboxylic acids is 1. The lowest BCUT2D eigenvalue weighted by atomic mass is 9.96. The van der Waals surface area contributed by atoms with Gasteiger partial charge in [-0.05, 0) is 62.6 Å². The molecule has 0 bridgehead atoms. The van der Waals surface area contributed by atoms with Crippen molar-refractivity contribution in [2.45, 2.75) is 134 Å². The molecular formula is C41H68N11O10+. The molecule has 9 atom stereocenters. The zero-order valence-corrected chi connectivity index (χ0v) is 36.3. The largest absolute Gasteiger partial charge is 0.480 e. The second-order valence-electron chi connectivity index (χ2n) is 16.5. The number of carboxylic acid groups (broad SMARTS) is 1. The summed E-state index contributed by atoms with van der Waals surface area (Å²) < 4.78 is 0. The van der Waals surface area contributed by atoms with E-state index >= 15 is 0 Å². The molecule has 1 aromatic carbocycles. The van der Waals surface area contributed by atoms with Crippen LogP contribution >= 0.6 is 0 Å². The number of aliphatic hydroxyl groups excluding tert-OH is 2. The monoisotopic (exact) mass is 875 g/mol. The lowest BCUT2D eigenvalue weighted by molar-refractivity contribution is -0.405. The fourth-order valence-corrected chi connectivity index (χ4v) is 7.28. The molecule has 1 saturated heterocycles. The average Bonchev–Trinajstić information content (AvgIpc) is 3.88. The molecule has 0 aliphatic carbocycles. The van der Waals surface area contributed by atoms with Crippen LogP contribution < -0.4 is 49.1 Å². The van der Waals surface area contributed by atoms with Gasteiger partial charge in [-0.2, -0.15) is 0 Å². The molecule has 2 aromatic rings. The molecule has 2 heterocycles. The zero-order valence-electron chi connectivity index (χ0n) is 36.3. The summed E-state index contributed by atoms with van der Waals surface area (Å²) in [6, 6.07) is -1.21. The molecule has 21 nitrogen and oxygen atoms in total. The number of nitrogens with two attached hydrogens (primary N) is 2. The number of hydrogen-bond acceptors (Lipinski definition) is 12. The van der Waals surface area contributed by atoms with E-state index in [-0.39, 0.29) is 31.7 Å². The maximum absolute atomic E-state index is 14.4. The number of aromatic amines is 1. The van der Waals surface area contributed by atoms with Gasteiger partial charge in [0.25, 0.3) is 5.91 Å². The summed E-state index contributed by atoms with van der Waals surface area (Å²) in [6.07, 6.45) is 1.67. The fraction of sp³-hybridized carbons (Fsp3) is 0.634. The van der Waals surface area contributed by atoms with Crippen molar-refractivity contribution >= 4 is 52.3 Å². The van der Waals surface area contributed by atoms with Gasteiger partial charge in [0.15, 0.2) is 6.04 Å². The second kappa shape index (κ2) is 24.4. The first kappa shape index (κ1) is 51.2. The Morgan fingerprint density at radius 2 is 1.53 bits per heavy atom. The first-order valence-corrected chi connectivity index (χ1v) is 21.3.